The van der Waals surface area contributed by atoms with E-state index in [-0.39, 0.29) is 5.78 Å². The fourth-order valence-corrected chi connectivity index (χ4v) is 1.14. The molecule has 0 aliphatic carbocycles. The van der Waals surface area contributed by atoms with E-state index in [1.807, 2.05) is 30.3 Å². The minimum Gasteiger partial charge on any atom is -0.391 e. The normalized spacial score (nSPS) is 10.9. The van der Waals surface area contributed by atoms with Crippen molar-refractivity contribution in [3.63, 3.8) is 0 Å². The molecular weight excluding hydrogens is 186 g/mol. The Bertz CT molecular complexity index is 328. The highest BCUT2D eigenvalue weighted by Gasteiger charge is 1.98. The molecule has 15 heavy (non-hydrogen) atoms. The molecule has 1 N–H and O–H groups in total. The van der Waals surface area contributed by atoms with Crippen molar-refractivity contribution in [1.29, 1.82) is 0 Å². The zero-order chi connectivity index (χ0) is 11.1. The Morgan fingerprint density at radius 1 is 1.33 bits per heavy atom. The summed E-state index contributed by atoms with van der Waals surface area (Å²) in [5.74, 6) is 0.619. The first-order valence-corrected chi connectivity index (χ1v) is 5.19. The van der Waals surface area contributed by atoms with Crippen LogP contribution in [-0.4, -0.2) is 12.3 Å². The molecule has 0 radical (unpaired) electrons. The first-order valence-electron chi connectivity index (χ1n) is 5.19. The fourth-order valence-electron chi connectivity index (χ4n) is 1.14. The van der Waals surface area contributed by atoms with Crippen LogP contribution in [0.25, 0.3) is 0 Å². The van der Waals surface area contributed by atoms with Gasteiger partial charge in [0.2, 0.25) is 0 Å². The third-order valence-corrected chi connectivity index (χ3v) is 1.94. The molecule has 0 unspecified atom stereocenters. The Labute approximate surface area is 91.0 Å². The maximum Gasteiger partial charge on any atom is 0.187 e. The summed E-state index contributed by atoms with van der Waals surface area (Å²) >= 11 is 0. The van der Waals surface area contributed by atoms with Crippen LogP contribution in [0, 0.1) is 5.92 Å². The van der Waals surface area contributed by atoms with Crippen LogP contribution >= 0.6 is 0 Å². The fraction of sp³-hybridized carbons (Fsp3) is 0.308. The highest BCUT2D eigenvalue weighted by molar-refractivity contribution is 6.04. The topological polar surface area (TPSA) is 29.1 Å². The summed E-state index contributed by atoms with van der Waals surface area (Å²) in [4.78, 5) is 11.6. The molecule has 0 saturated heterocycles. The van der Waals surface area contributed by atoms with E-state index in [2.05, 4.69) is 19.2 Å². The molecule has 0 saturated carbocycles. The average molecular weight is 203 g/mol. The van der Waals surface area contributed by atoms with Gasteiger partial charge in [-0.05, 0) is 5.92 Å². The van der Waals surface area contributed by atoms with E-state index in [0.29, 0.717) is 5.92 Å². The van der Waals surface area contributed by atoms with Crippen molar-refractivity contribution in [3.8, 4) is 0 Å². The lowest BCUT2D eigenvalue weighted by Crippen LogP contribution is -2.13. The smallest absolute Gasteiger partial charge is 0.187 e. The summed E-state index contributed by atoms with van der Waals surface area (Å²) in [7, 11) is 0. The van der Waals surface area contributed by atoms with E-state index in [1.165, 1.54) is 0 Å². The van der Waals surface area contributed by atoms with Gasteiger partial charge in [-0.2, -0.15) is 0 Å². The molecule has 0 spiro atoms. The molecule has 0 aromatic heterocycles. The molecule has 0 heterocycles. The average Bonchev–Trinajstić information content (AvgIpc) is 2.25. The van der Waals surface area contributed by atoms with Gasteiger partial charge in [0.1, 0.15) is 0 Å². The maximum absolute atomic E-state index is 11.6. The second-order valence-electron chi connectivity index (χ2n) is 3.87. The summed E-state index contributed by atoms with van der Waals surface area (Å²) in [5.41, 5.74) is 0.722. The molecule has 80 valence electrons. The maximum atomic E-state index is 11.6. The van der Waals surface area contributed by atoms with E-state index in [4.69, 9.17) is 0 Å². The van der Waals surface area contributed by atoms with Crippen LogP contribution in [0.4, 0.5) is 0 Å². The van der Waals surface area contributed by atoms with E-state index in [9.17, 15) is 4.79 Å². The first kappa shape index (κ1) is 11.5. The van der Waals surface area contributed by atoms with E-state index >= 15 is 0 Å². The van der Waals surface area contributed by atoms with Gasteiger partial charge in [-0.1, -0.05) is 44.2 Å². The van der Waals surface area contributed by atoms with Crippen LogP contribution in [0.1, 0.15) is 24.2 Å². The van der Waals surface area contributed by atoms with Crippen LogP contribution in [0.2, 0.25) is 0 Å². The second-order valence-corrected chi connectivity index (χ2v) is 3.87. The van der Waals surface area contributed by atoms with Crippen molar-refractivity contribution in [3.05, 3.63) is 48.2 Å². The predicted octanol–water partition coefficient (Wildman–Crippen LogP) is 2.63. The van der Waals surface area contributed by atoms with Crippen molar-refractivity contribution < 1.29 is 4.79 Å². The van der Waals surface area contributed by atoms with Crippen LogP contribution < -0.4 is 5.32 Å². The second kappa shape index (κ2) is 6.02. The standard InChI is InChI=1S/C13H17NO/c1-11(2)10-14-9-8-13(15)12-6-4-3-5-7-12/h3-9,11,14H,10H2,1-2H3/b9-8+. The quantitative estimate of drug-likeness (QED) is 0.588. The van der Waals surface area contributed by atoms with E-state index in [1.54, 1.807) is 12.3 Å². The van der Waals surface area contributed by atoms with Gasteiger partial charge in [0, 0.05) is 24.4 Å². The molecule has 0 amide bonds. The van der Waals surface area contributed by atoms with Crippen molar-refractivity contribution in [2.24, 2.45) is 5.92 Å². The summed E-state index contributed by atoms with van der Waals surface area (Å²) in [6, 6.07) is 9.26. The summed E-state index contributed by atoms with van der Waals surface area (Å²) in [6.07, 6.45) is 3.28. The predicted molar refractivity (Wildman–Crippen MR) is 62.8 cm³/mol. The van der Waals surface area contributed by atoms with Crippen LogP contribution in [-0.2, 0) is 0 Å². The Hall–Kier alpha value is -1.57. The van der Waals surface area contributed by atoms with Gasteiger partial charge in [-0.3, -0.25) is 4.79 Å². The molecule has 0 aliphatic rings. The molecule has 0 bridgehead atoms. The van der Waals surface area contributed by atoms with Gasteiger partial charge >= 0.3 is 0 Å². The summed E-state index contributed by atoms with van der Waals surface area (Å²) < 4.78 is 0. The Balaban J connectivity index is 2.43. The van der Waals surface area contributed by atoms with Gasteiger partial charge in [0.15, 0.2) is 5.78 Å². The van der Waals surface area contributed by atoms with Crippen molar-refractivity contribution in [2.75, 3.05) is 6.54 Å². The molecule has 2 nitrogen and oxygen atoms in total. The van der Waals surface area contributed by atoms with Crippen LogP contribution in [0.15, 0.2) is 42.6 Å². The number of benzene rings is 1. The monoisotopic (exact) mass is 203 g/mol. The number of hydrogen-bond donors (Lipinski definition) is 1. The van der Waals surface area contributed by atoms with Gasteiger partial charge in [-0.25, -0.2) is 0 Å². The van der Waals surface area contributed by atoms with Crippen molar-refractivity contribution in [1.82, 2.24) is 5.32 Å². The highest BCUT2D eigenvalue weighted by atomic mass is 16.1. The molecule has 0 aliphatic heterocycles. The summed E-state index contributed by atoms with van der Waals surface area (Å²) in [6.45, 7) is 5.14. The van der Waals surface area contributed by atoms with Gasteiger partial charge in [0.05, 0.1) is 0 Å². The third-order valence-electron chi connectivity index (χ3n) is 1.94. The number of hydrogen-bond acceptors (Lipinski definition) is 2. The Kier molecular flexibility index (Phi) is 4.61. The Morgan fingerprint density at radius 3 is 2.60 bits per heavy atom. The SMILES string of the molecule is CC(C)CN/C=C/C(=O)c1ccccc1. The van der Waals surface area contributed by atoms with Crippen LogP contribution in [0.3, 0.4) is 0 Å². The molecule has 1 aromatic carbocycles. The summed E-state index contributed by atoms with van der Waals surface area (Å²) in [5, 5.41) is 3.08. The zero-order valence-corrected chi connectivity index (χ0v) is 9.23. The lowest BCUT2D eigenvalue weighted by atomic mass is 10.1. The van der Waals surface area contributed by atoms with Crippen molar-refractivity contribution >= 4 is 5.78 Å². The van der Waals surface area contributed by atoms with Gasteiger partial charge < -0.3 is 5.32 Å². The van der Waals surface area contributed by atoms with Gasteiger partial charge in [-0.15, -0.1) is 0 Å². The lowest BCUT2D eigenvalue weighted by molar-refractivity contribution is 0.104. The largest absolute Gasteiger partial charge is 0.391 e. The number of carbonyl (C=O) groups excluding carboxylic acids is 1. The third kappa shape index (κ3) is 4.45. The number of allylic oxidation sites excluding steroid dienone is 1. The molecule has 0 fully saturated rings. The molecule has 0 atom stereocenters. The molecule has 2 heteroatoms. The lowest BCUT2D eigenvalue weighted by Gasteiger charge is -2.02. The minimum atomic E-state index is 0.0341. The number of nitrogens with one attached hydrogen (secondary N) is 1. The van der Waals surface area contributed by atoms with Crippen LogP contribution in [0.5, 0.6) is 0 Å². The molecular formula is C13H17NO. The number of carbonyl (C=O) groups is 1. The highest BCUT2D eigenvalue weighted by Crippen LogP contribution is 2.00. The first-order chi connectivity index (χ1) is 7.20. The zero-order valence-electron chi connectivity index (χ0n) is 9.23. The molecule has 1 rings (SSSR count). The Morgan fingerprint density at radius 2 is 2.00 bits per heavy atom. The van der Waals surface area contributed by atoms with Crippen molar-refractivity contribution in [2.45, 2.75) is 13.8 Å². The molecule has 1 aromatic rings. The number of ketones is 1. The number of rotatable bonds is 5. The van der Waals surface area contributed by atoms with Gasteiger partial charge in [0.25, 0.3) is 0 Å². The minimum absolute atomic E-state index is 0.0341. The van der Waals surface area contributed by atoms with E-state index in [0.717, 1.165) is 12.1 Å². The van der Waals surface area contributed by atoms with E-state index < -0.39 is 0 Å².